The largest absolute Gasteiger partial charge is 0.304 e. The molecule has 0 aliphatic rings. The van der Waals surface area contributed by atoms with Crippen molar-refractivity contribution >= 4 is 58.1 Å². The second-order valence-corrected chi connectivity index (χ2v) is 6.84. The van der Waals surface area contributed by atoms with Gasteiger partial charge in [-0.3, -0.25) is 9.48 Å². The number of benzene rings is 2. The molecule has 0 fully saturated rings. The van der Waals surface area contributed by atoms with Crippen LogP contribution < -0.4 is 5.32 Å². The number of carbonyl (C=O) groups excluding carboxylic acids is 1. The van der Waals surface area contributed by atoms with Gasteiger partial charge in [0, 0.05) is 32.4 Å². The van der Waals surface area contributed by atoms with Gasteiger partial charge in [-0.05, 0) is 36.4 Å². The third-order valence-corrected chi connectivity index (χ3v) is 4.67. The molecule has 0 bridgehead atoms. The summed E-state index contributed by atoms with van der Waals surface area (Å²) in [6.45, 7) is 0.328. The molecule has 2 aromatic carbocycles. The summed E-state index contributed by atoms with van der Waals surface area (Å²) in [5, 5.41) is 8.88. The van der Waals surface area contributed by atoms with E-state index in [4.69, 9.17) is 46.4 Å². The molecule has 0 atom stereocenters. The number of aromatic nitrogens is 2. The van der Waals surface area contributed by atoms with E-state index in [0.717, 1.165) is 5.56 Å². The Hall–Kier alpha value is -1.72. The topological polar surface area (TPSA) is 46.9 Å². The Labute approximate surface area is 164 Å². The van der Waals surface area contributed by atoms with Crippen LogP contribution in [0.2, 0.25) is 20.1 Å². The van der Waals surface area contributed by atoms with E-state index in [1.165, 1.54) is 0 Å². The van der Waals surface area contributed by atoms with Crippen LogP contribution >= 0.6 is 46.4 Å². The molecule has 3 rings (SSSR count). The second kappa shape index (κ2) is 7.67. The first-order valence-corrected chi connectivity index (χ1v) is 8.68. The molecule has 4 nitrogen and oxygen atoms in total. The van der Waals surface area contributed by atoms with E-state index in [-0.39, 0.29) is 11.7 Å². The summed E-state index contributed by atoms with van der Waals surface area (Å²) in [6.07, 6.45) is 1.60. The van der Waals surface area contributed by atoms with Gasteiger partial charge in [-0.15, -0.1) is 0 Å². The van der Waals surface area contributed by atoms with Crippen LogP contribution in [0.5, 0.6) is 0 Å². The maximum Gasteiger partial charge on any atom is 0.256 e. The van der Waals surface area contributed by atoms with Gasteiger partial charge in [-0.25, -0.2) is 0 Å². The first kappa shape index (κ1) is 18.1. The van der Waals surface area contributed by atoms with Crippen LogP contribution in [-0.2, 0) is 6.54 Å². The van der Waals surface area contributed by atoms with Crippen LogP contribution in [0.1, 0.15) is 15.9 Å². The highest BCUT2D eigenvalue weighted by Gasteiger charge is 2.14. The molecule has 1 amide bonds. The lowest BCUT2D eigenvalue weighted by Gasteiger charge is -2.07. The predicted molar refractivity (Wildman–Crippen MR) is 102 cm³/mol. The lowest BCUT2D eigenvalue weighted by Crippen LogP contribution is -2.13. The van der Waals surface area contributed by atoms with Gasteiger partial charge in [0.15, 0.2) is 5.82 Å². The van der Waals surface area contributed by atoms with Crippen molar-refractivity contribution in [3.8, 4) is 0 Å². The van der Waals surface area contributed by atoms with Gasteiger partial charge < -0.3 is 5.32 Å². The van der Waals surface area contributed by atoms with E-state index in [9.17, 15) is 4.79 Å². The monoisotopic (exact) mass is 413 g/mol. The average molecular weight is 415 g/mol. The van der Waals surface area contributed by atoms with E-state index in [0.29, 0.717) is 32.2 Å². The molecule has 1 N–H and O–H groups in total. The van der Waals surface area contributed by atoms with Crippen LogP contribution in [0.4, 0.5) is 5.82 Å². The minimum Gasteiger partial charge on any atom is -0.304 e. The molecule has 1 heterocycles. The molecule has 0 aliphatic heterocycles. The molecule has 0 saturated heterocycles. The lowest BCUT2D eigenvalue weighted by atomic mass is 10.2. The summed E-state index contributed by atoms with van der Waals surface area (Å²) < 4.78 is 1.56. The Morgan fingerprint density at radius 3 is 2.24 bits per heavy atom. The van der Waals surface area contributed by atoms with Crippen LogP contribution in [-0.4, -0.2) is 15.7 Å². The molecule has 0 saturated carbocycles. The van der Waals surface area contributed by atoms with E-state index < -0.39 is 0 Å². The quantitative estimate of drug-likeness (QED) is 0.586. The van der Waals surface area contributed by atoms with Gasteiger partial charge in [0.25, 0.3) is 5.91 Å². The zero-order chi connectivity index (χ0) is 18.0. The SMILES string of the molecule is O=C(Nc1nn(Cc2c(Cl)cccc2Cl)cc1Cl)c1ccc(Cl)cc1. The minimum atomic E-state index is -0.334. The lowest BCUT2D eigenvalue weighted by molar-refractivity contribution is 0.102. The molecule has 1 aromatic heterocycles. The van der Waals surface area contributed by atoms with E-state index in [1.807, 2.05) is 0 Å². The minimum absolute atomic E-state index is 0.254. The maximum absolute atomic E-state index is 12.2. The van der Waals surface area contributed by atoms with Crippen molar-refractivity contribution in [1.29, 1.82) is 0 Å². The average Bonchev–Trinajstić information content (AvgIpc) is 2.91. The fourth-order valence-corrected chi connectivity index (χ4v) is 3.03. The highest BCUT2D eigenvalue weighted by atomic mass is 35.5. The van der Waals surface area contributed by atoms with Crippen molar-refractivity contribution in [2.24, 2.45) is 0 Å². The van der Waals surface area contributed by atoms with Gasteiger partial charge >= 0.3 is 0 Å². The van der Waals surface area contributed by atoms with Gasteiger partial charge in [-0.2, -0.15) is 5.10 Å². The normalized spacial score (nSPS) is 10.7. The van der Waals surface area contributed by atoms with E-state index >= 15 is 0 Å². The number of anilines is 1. The number of hydrogen-bond acceptors (Lipinski definition) is 2. The summed E-state index contributed by atoms with van der Waals surface area (Å²) in [7, 11) is 0. The summed E-state index contributed by atoms with van der Waals surface area (Å²) in [5.74, 6) is -0.0793. The van der Waals surface area contributed by atoms with E-state index in [1.54, 1.807) is 53.3 Å². The van der Waals surface area contributed by atoms with Crippen LogP contribution in [0.25, 0.3) is 0 Å². The summed E-state index contributed by atoms with van der Waals surface area (Å²) in [5.41, 5.74) is 1.17. The number of amides is 1. The summed E-state index contributed by atoms with van der Waals surface area (Å²) in [6, 6.07) is 11.8. The predicted octanol–water partition coefficient (Wildman–Crippen LogP) is 5.80. The Balaban J connectivity index is 1.78. The van der Waals surface area contributed by atoms with Crippen molar-refractivity contribution in [3.63, 3.8) is 0 Å². The van der Waals surface area contributed by atoms with Gasteiger partial charge in [0.05, 0.1) is 6.54 Å². The number of halogens is 4. The third-order valence-electron chi connectivity index (χ3n) is 3.44. The van der Waals surface area contributed by atoms with Crippen molar-refractivity contribution < 1.29 is 4.79 Å². The van der Waals surface area contributed by atoms with Crippen molar-refractivity contribution in [2.45, 2.75) is 6.54 Å². The molecule has 25 heavy (non-hydrogen) atoms. The standard InChI is InChI=1S/C17H11Cl4N3O/c18-11-6-4-10(5-7-11)17(25)22-16-15(21)9-24(23-16)8-12-13(19)2-1-3-14(12)20/h1-7,9H,8H2,(H,22,23,25). The molecule has 0 radical (unpaired) electrons. The highest BCUT2D eigenvalue weighted by Crippen LogP contribution is 2.27. The fraction of sp³-hybridized carbons (Fsp3) is 0.0588. The summed E-state index contributed by atoms with van der Waals surface area (Å²) in [4.78, 5) is 12.2. The highest BCUT2D eigenvalue weighted by molar-refractivity contribution is 6.36. The van der Waals surface area contributed by atoms with E-state index in [2.05, 4.69) is 10.4 Å². The Morgan fingerprint density at radius 2 is 1.60 bits per heavy atom. The van der Waals surface area contributed by atoms with Crippen molar-refractivity contribution in [2.75, 3.05) is 5.32 Å². The van der Waals surface area contributed by atoms with Crippen LogP contribution in [0.3, 0.4) is 0 Å². The first-order valence-electron chi connectivity index (χ1n) is 7.17. The van der Waals surface area contributed by atoms with Crippen LogP contribution in [0.15, 0.2) is 48.7 Å². The molecular formula is C17H11Cl4N3O. The first-order chi connectivity index (χ1) is 11.9. The Morgan fingerprint density at radius 1 is 0.960 bits per heavy atom. The van der Waals surface area contributed by atoms with Gasteiger partial charge in [-0.1, -0.05) is 52.5 Å². The third kappa shape index (κ3) is 4.28. The molecule has 3 aromatic rings. The number of nitrogens with one attached hydrogen (secondary N) is 1. The maximum atomic E-state index is 12.2. The van der Waals surface area contributed by atoms with Crippen LogP contribution in [0, 0.1) is 0 Å². The molecule has 8 heteroatoms. The van der Waals surface area contributed by atoms with Crippen molar-refractivity contribution in [3.05, 3.63) is 79.9 Å². The second-order valence-electron chi connectivity index (χ2n) is 5.18. The number of hydrogen-bond donors (Lipinski definition) is 1. The molecule has 0 spiro atoms. The molecular weight excluding hydrogens is 404 g/mol. The number of carbonyl (C=O) groups is 1. The van der Waals surface area contributed by atoms with Gasteiger partial charge in [0.2, 0.25) is 0 Å². The van der Waals surface area contributed by atoms with Gasteiger partial charge in [0.1, 0.15) is 5.02 Å². The Kier molecular flexibility index (Phi) is 5.54. The smallest absolute Gasteiger partial charge is 0.256 e. The summed E-state index contributed by atoms with van der Waals surface area (Å²) >= 11 is 24.3. The molecule has 0 aliphatic carbocycles. The zero-order valence-corrected chi connectivity index (χ0v) is 15.7. The van der Waals surface area contributed by atoms with Crippen molar-refractivity contribution in [1.82, 2.24) is 9.78 Å². The number of nitrogens with zero attached hydrogens (tertiary/aromatic N) is 2. The zero-order valence-electron chi connectivity index (χ0n) is 12.6. The Bertz CT molecular complexity index is 902. The fourth-order valence-electron chi connectivity index (χ4n) is 2.19. The molecule has 128 valence electrons. The number of rotatable bonds is 4. The molecule has 0 unspecified atom stereocenters.